The van der Waals surface area contributed by atoms with Crippen molar-refractivity contribution in [1.82, 2.24) is 5.32 Å². The normalized spacial score (nSPS) is 11.8. The van der Waals surface area contributed by atoms with Crippen molar-refractivity contribution < 1.29 is 19.0 Å². The molecule has 2 N–H and O–H groups in total. The van der Waals surface area contributed by atoms with E-state index in [4.69, 9.17) is 4.74 Å². The molecule has 4 nitrogen and oxygen atoms in total. The number of nitrogens with one attached hydrogen (secondary N) is 1. The summed E-state index contributed by atoms with van der Waals surface area (Å²) in [6, 6.07) is 17.4. The second kappa shape index (κ2) is 8.60. The summed E-state index contributed by atoms with van der Waals surface area (Å²) in [6.07, 6.45) is -0.829. The fourth-order valence-electron chi connectivity index (χ4n) is 2.40. The van der Waals surface area contributed by atoms with Gasteiger partial charge in [-0.25, -0.2) is 4.39 Å². The van der Waals surface area contributed by atoms with Gasteiger partial charge in [0, 0.05) is 11.4 Å². The molecular formula is C20H18FNO3S. The monoisotopic (exact) mass is 371 g/mol. The van der Waals surface area contributed by atoms with Gasteiger partial charge in [0.05, 0.1) is 6.10 Å². The molecule has 1 heterocycles. The summed E-state index contributed by atoms with van der Waals surface area (Å²) in [5.41, 5.74) is 1.79. The number of aliphatic hydroxyl groups is 1. The van der Waals surface area contributed by atoms with Crippen LogP contribution in [0.2, 0.25) is 0 Å². The standard InChI is InChI=1S/C20H18FNO3S/c21-16-4-1-2-5-18(16)25-13-20(24)22-12-17(23)14-7-9-15(10-8-14)19-6-3-11-26-19/h1-11,17,23H,12-13H2,(H,22,24). The Hall–Kier alpha value is -2.70. The highest BCUT2D eigenvalue weighted by Crippen LogP contribution is 2.26. The molecule has 0 spiro atoms. The van der Waals surface area contributed by atoms with Crippen molar-refractivity contribution in [3.8, 4) is 16.2 Å². The van der Waals surface area contributed by atoms with Gasteiger partial charge >= 0.3 is 0 Å². The van der Waals surface area contributed by atoms with Gasteiger partial charge in [-0.15, -0.1) is 11.3 Å². The van der Waals surface area contributed by atoms with Gasteiger partial charge in [0.1, 0.15) is 0 Å². The molecule has 0 radical (unpaired) electrons. The third kappa shape index (κ3) is 4.68. The minimum absolute atomic E-state index is 0.0207. The van der Waals surface area contributed by atoms with Crippen LogP contribution in [0.25, 0.3) is 10.4 Å². The number of amides is 1. The minimum atomic E-state index is -0.829. The quantitative estimate of drug-likeness (QED) is 0.664. The highest BCUT2D eigenvalue weighted by Gasteiger charge is 2.11. The van der Waals surface area contributed by atoms with Gasteiger partial charge in [-0.2, -0.15) is 0 Å². The Bertz CT molecular complexity index is 850. The van der Waals surface area contributed by atoms with E-state index < -0.39 is 17.8 Å². The molecule has 6 heteroatoms. The zero-order chi connectivity index (χ0) is 18.4. The molecule has 0 bridgehead atoms. The van der Waals surface area contributed by atoms with Crippen molar-refractivity contribution in [1.29, 1.82) is 0 Å². The first kappa shape index (κ1) is 18.1. The van der Waals surface area contributed by atoms with Crippen LogP contribution in [0.4, 0.5) is 4.39 Å². The van der Waals surface area contributed by atoms with Crippen LogP contribution in [0.15, 0.2) is 66.0 Å². The van der Waals surface area contributed by atoms with Crippen molar-refractivity contribution in [3.63, 3.8) is 0 Å². The fourth-order valence-corrected chi connectivity index (χ4v) is 3.13. The zero-order valence-electron chi connectivity index (χ0n) is 13.9. The van der Waals surface area contributed by atoms with Gasteiger partial charge in [-0.1, -0.05) is 42.5 Å². The van der Waals surface area contributed by atoms with Crippen molar-refractivity contribution in [2.24, 2.45) is 0 Å². The molecule has 3 aromatic rings. The number of hydrogen-bond donors (Lipinski definition) is 2. The molecule has 0 fully saturated rings. The van der Waals surface area contributed by atoms with E-state index in [-0.39, 0.29) is 18.9 Å². The Morgan fingerprint density at radius 2 is 1.88 bits per heavy atom. The molecule has 134 valence electrons. The molecular weight excluding hydrogens is 353 g/mol. The summed E-state index contributed by atoms with van der Waals surface area (Å²) in [5.74, 6) is -0.930. The number of ether oxygens (including phenoxy) is 1. The second-order valence-electron chi connectivity index (χ2n) is 5.64. The number of halogens is 1. The van der Waals surface area contributed by atoms with Crippen LogP contribution in [0.1, 0.15) is 11.7 Å². The lowest BCUT2D eigenvalue weighted by Gasteiger charge is -2.13. The van der Waals surface area contributed by atoms with Gasteiger partial charge in [0.15, 0.2) is 18.2 Å². The van der Waals surface area contributed by atoms with Crippen LogP contribution in [0, 0.1) is 5.82 Å². The van der Waals surface area contributed by atoms with Crippen LogP contribution < -0.4 is 10.1 Å². The molecule has 0 aliphatic heterocycles. The number of aliphatic hydroxyl groups excluding tert-OH is 1. The number of rotatable bonds is 7. The Morgan fingerprint density at radius 1 is 1.12 bits per heavy atom. The molecule has 1 amide bonds. The third-order valence-electron chi connectivity index (χ3n) is 3.79. The number of carbonyl (C=O) groups is 1. The first-order chi connectivity index (χ1) is 12.6. The Labute approximate surface area is 154 Å². The second-order valence-corrected chi connectivity index (χ2v) is 6.59. The Balaban J connectivity index is 1.48. The van der Waals surface area contributed by atoms with E-state index in [1.54, 1.807) is 23.5 Å². The van der Waals surface area contributed by atoms with Crippen molar-refractivity contribution in [2.75, 3.05) is 13.2 Å². The third-order valence-corrected chi connectivity index (χ3v) is 4.71. The van der Waals surface area contributed by atoms with Crippen molar-refractivity contribution in [2.45, 2.75) is 6.10 Å². The molecule has 3 rings (SSSR count). The maximum atomic E-state index is 13.4. The molecule has 26 heavy (non-hydrogen) atoms. The molecule has 0 aliphatic rings. The molecule has 1 aromatic heterocycles. The summed E-state index contributed by atoms with van der Waals surface area (Å²) in [6.45, 7) is -0.261. The molecule has 0 aliphatic carbocycles. The minimum Gasteiger partial charge on any atom is -0.481 e. The highest BCUT2D eigenvalue weighted by atomic mass is 32.1. The smallest absolute Gasteiger partial charge is 0.258 e. The number of benzene rings is 2. The SMILES string of the molecule is O=C(COc1ccccc1F)NCC(O)c1ccc(-c2cccs2)cc1. The number of carbonyl (C=O) groups excluding carboxylic acids is 1. The Morgan fingerprint density at radius 3 is 2.58 bits per heavy atom. The van der Waals surface area contributed by atoms with Crippen LogP contribution in [-0.2, 0) is 4.79 Å². The average Bonchev–Trinajstić information content (AvgIpc) is 3.20. The van der Waals surface area contributed by atoms with E-state index in [1.807, 2.05) is 41.8 Å². The van der Waals surface area contributed by atoms with Gasteiger partial charge < -0.3 is 15.2 Å². The van der Waals surface area contributed by atoms with E-state index in [0.29, 0.717) is 5.56 Å². The summed E-state index contributed by atoms with van der Waals surface area (Å²) >= 11 is 1.65. The van der Waals surface area contributed by atoms with Gasteiger partial charge in [-0.05, 0) is 34.7 Å². The highest BCUT2D eigenvalue weighted by molar-refractivity contribution is 7.13. The molecule has 0 saturated heterocycles. The van der Waals surface area contributed by atoms with E-state index in [9.17, 15) is 14.3 Å². The summed E-state index contributed by atoms with van der Waals surface area (Å²) in [4.78, 5) is 13.0. The molecule has 0 saturated carbocycles. The maximum Gasteiger partial charge on any atom is 0.258 e. The zero-order valence-corrected chi connectivity index (χ0v) is 14.7. The van der Waals surface area contributed by atoms with Gasteiger partial charge in [-0.3, -0.25) is 4.79 Å². The lowest BCUT2D eigenvalue weighted by Crippen LogP contribution is -2.32. The summed E-state index contributed by atoms with van der Waals surface area (Å²) in [7, 11) is 0. The molecule has 2 aromatic carbocycles. The van der Waals surface area contributed by atoms with E-state index >= 15 is 0 Å². The molecule has 1 unspecified atom stereocenters. The number of para-hydroxylation sites is 1. The fraction of sp³-hybridized carbons (Fsp3) is 0.150. The van der Waals surface area contributed by atoms with E-state index in [0.717, 1.165) is 10.4 Å². The predicted octanol–water partition coefficient (Wildman–Crippen LogP) is 3.78. The number of thiophene rings is 1. The number of hydrogen-bond acceptors (Lipinski definition) is 4. The van der Waals surface area contributed by atoms with Crippen LogP contribution in [0.5, 0.6) is 5.75 Å². The van der Waals surface area contributed by atoms with Crippen LogP contribution >= 0.6 is 11.3 Å². The van der Waals surface area contributed by atoms with Crippen LogP contribution in [-0.4, -0.2) is 24.2 Å². The topological polar surface area (TPSA) is 58.6 Å². The predicted molar refractivity (Wildman–Crippen MR) is 99.6 cm³/mol. The summed E-state index contributed by atoms with van der Waals surface area (Å²) < 4.78 is 18.5. The van der Waals surface area contributed by atoms with E-state index in [1.165, 1.54) is 12.1 Å². The van der Waals surface area contributed by atoms with Gasteiger partial charge in [0.2, 0.25) is 0 Å². The Kier molecular flexibility index (Phi) is 5.99. The van der Waals surface area contributed by atoms with Crippen LogP contribution in [0.3, 0.4) is 0 Å². The van der Waals surface area contributed by atoms with Crippen molar-refractivity contribution >= 4 is 17.2 Å². The van der Waals surface area contributed by atoms with E-state index in [2.05, 4.69) is 5.32 Å². The average molecular weight is 371 g/mol. The molecule has 1 atom stereocenters. The first-order valence-electron chi connectivity index (χ1n) is 8.09. The van der Waals surface area contributed by atoms with Gasteiger partial charge in [0.25, 0.3) is 5.91 Å². The van der Waals surface area contributed by atoms with Crippen molar-refractivity contribution in [3.05, 3.63) is 77.4 Å². The lowest BCUT2D eigenvalue weighted by molar-refractivity contribution is -0.123. The summed E-state index contributed by atoms with van der Waals surface area (Å²) in [5, 5.41) is 14.8. The largest absolute Gasteiger partial charge is 0.481 e. The first-order valence-corrected chi connectivity index (χ1v) is 8.97. The maximum absolute atomic E-state index is 13.4. The lowest BCUT2D eigenvalue weighted by atomic mass is 10.1.